The van der Waals surface area contributed by atoms with E-state index in [0.29, 0.717) is 29.8 Å². The molecule has 0 saturated heterocycles. The summed E-state index contributed by atoms with van der Waals surface area (Å²) < 4.78 is 17.0. The van der Waals surface area contributed by atoms with Gasteiger partial charge in [0.05, 0.1) is 11.6 Å². The van der Waals surface area contributed by atoms with Crippen LogP contribution in [-0.2, 0) is 13.5 Å². The first-order chi connectivity index (χ1) is 14.0. The van der Waals surface area contributed by atoms with Crippen molar-refractivity contribution in [2.75, 3.05) is 5.32 Å². The van der Waals surface area contributed by atoms with Gasteiger partial charge in [0.15, 0.2) is 11.6 Å². The molecule has 0 bridgehead atoms. The molecule has 2 heterocycles. The average molecular weight is 397 g/mol. The third-order valence-electron chi connectivity index (χ3n) is 4.89. The predicted octanol–water partition coefficient (Wildman–Crippen LogP) is 3.19. The lowest BCUT2D eigenvalue weighted by Gasteiger charge is -2.19. The van der Waals surface area contributed by atoms with Gasteiger partial charge >= 0.3 is 6.09 Å². The molecule has 3 N–H and O–H groups in total. The fourth-order valence-electron chi connectivity index (χ4n) is 3.58. The van der Waals surface area contributed by atoms with Gasteiger partial charge in [-0.25, -0.2) is 19.2 Å². The van der Waals surface area contributed by atoms with Gasteiger partial charge in [0, 0.05) is 19.3 Å². The van der Waals surface area contributed by atoms with Gasteiger partial charge in [-0.2, -0.15) is 10.1 Å². The second-order valence-electron chi connectivity index (χ2n) is 6.88. The van der Waals surface area contributed by atoms with Crippen molar-refractivity contribution in [1.82, 2.24) is 30.0 Å². The first-order valence-electron chi connectivity index (χ1n) is 9.28. The molecule has 1 amide bonds. The molecule has 9 nitrogen and oxygen atoms in total. The minimum Gasteiger partial charge on any atom is -0.465 e. The normalized spacial score (nSPS) is 16.0. The quantitative estimate of drug-likeness (QED) is 0.579. The highest BCUT2D eigenvalue weighted by molar-refractivity contribution is 5.66. The molecular formula is C19H20FN7O2. The van der Waals surface area contributed by atoms with Crippen LogP contribution < -0.4 is 10.6 Å². The van der Waals surface area contributed by atoms with Gasteiger partial charge in [-0.05, 0) is 36.5 Å². The summed E-state index contributed by atoms with van der Waals surface area (Å²) >= 11 is 0. The van der Waals surface area contributed by atoms with Gasteiger partial charge in [0.1, 0.15) is 12.1 Å². The highest BCUT2D eigenvalue weighted by atomic mass is 19.1. The Kier molecular flexibility index (Phi) is 5.07. The number of rotatable bonds is 4. The average Bonchev–Trinajstić information content (AvgIpc) is 2.98. The van der Waals surface area contributed by atoms with Crippen LogP contribution in [0.2, 0.25) is 0 Å². The Labute approximate surface area is 166 Å². The van der Waals surface area contributed by atoms with E-state index >= 15 is 4.39 Å². The number of anilines is 2. The zero-order valence-electron chi connectivity index (χ0n) is 15.8. The van der Waals surface area contributed by atoms with Crippen LogP contribution in [0.3, 0.4) is 0 Å². The van der Waals surface area contributed by atoms with E-state index in [4.69, 9.17) is 5.11 Å². The molecule has 0 unspecified atom stereocenters. The van der Waals surface area contributed by atoms with Crippen LogP contribution in [0.25, 0.3) is 11.4 Å². The Morgan fingerprint density at radius 1 is 1.28 bits per heavy atom. The monoisotopic (exact) mass is 397 g/mol. The number of aromatic nitrogens is 5. The van der Waals surface area contributed by atoms with Crippen molar-refractivity contribution in [3.63, 3.8) is 0 Å². The number of halogens is 1. The Bertz CT molecular complexity index is 1050. The van der Waals surface area contributed by atoms with Crippen molar-refractivity contribution >= 4 is 17.9 Å². The maximum atomic E-state index is 15.4. The van der Waals surface area contributed by atoms with Crippen LogP contribution in [0.4, 0.5) is 21.0 Å². The summed E-state index contributed by atoms with van der Waals surface area (Å²) in [6.45, 7) is 0. The summed E-state index contributed by atoms with van der Waals surface area (Å²) in [5.41, 5.74) is 1.44. The van der Waals surface area contributed by atoms with Gasteiger partial charge in [-0.3, -0.25) is 4.68 Å². The number of carbonyl (C=O) groups is 1. The number of nitrogens with zero attached hydrogens (tertiary/aromatic N) is 5. The van der Waals surface area contributed by atoms with Crippen LogP contribution in [0, 0.1) is 5.82 Å². The molecule has 29 heavy (non-hydrogen) atoms. The Balaban J connectivity index is 1.68. The van der Waals surface area contributed by atoms with Crippen LogP contribution >= 0.6 is 0 Å². The van der Waals surface area contributed by atoms with E-state index in [-0.39, 0.29) is 17.3 Å². The van der Waals surface area contributed by atoms with Crippen LogP contribution in [-0.4, -0.2) is 35.9 Å². The van der Waals surface area contributed by atoms with E-state index in [0.717, 1.165) is 12.8 Å². The van der Waals surface area contributed by atoms with Gasteiger partial charge < -0.3 is 15.7 Å². The Morgan fingerprint density at radius 3 is 2.90 bits per heavy atom. The molecule has 0 fully saturated rings. The van der Waals surface area contributed by atoms with Gasteiger partial charge in [-0.1, -0.05) is 12.5 Å². The third kappa shape index (κ3) is 4.00. The highest BCUT2D eigenvalue weighted by Crippen LogP contribution is 2.34. The standard InChI is InChI=1S/C19H20FN7O2/c1-27-9-8-15(26-27)24-18-22-10-21-17(25-18)13-7-6-11-12(16(13)20)4-2-3-5-14(11)23-19(28)29/h6-10,14,23H,2-5H2,1H3,(H,28,29)(H,21,22,24,25,26)/t14-/m1/s1. The lowest BCUT2D eigenvalue weighted by atomic mass is 9.95. The second-order valence-corrected chi connectivity index (χ2v) is 6.88. The molecule has 3 aromatic rings. The molecule has 1 atom stereocenters. The van der Waals surface area contributed by atoms with E-state index in [1.165, 1.54) is 6.33 Å². The molecule has 150 valence electrons. The Morgan fingerprint density at radius 2 is 2.14 bits per heavy atom. The zero-order chi connectivity index (χ0) is 20.4. The summed E-state index contributed by atoms with van der Waals surface area (Å²) in [5.74, 6) is 0.602. The van der Waals surface area contributed by atoms with Crippen LogP contribution in [0.15, 0.2) is 30.7 Å². The fraction of sp³-hybridized carbons (Fsp3) is 0.316. The van der Waals surface area contributed by atoms with Crippen molar-refractivity contribution in [2.45, 2.75) is 31.7 Å². The number of fused-ring (bicyclic) bond motifs is 1. The van der Waals surface area contributed by atoms with Crippen molar-refractivity contribution in [1.29, 1.82) is 0 Å². The van der Waals surface area contributed by atoms with E-state index < -0.39 is 18.0 Å². The summed E-state index contributed by atoms with van der Waals surface area (Å²) in [6, 6.07) is 4.70. The van der Waals surface area contributed by atoms with Gasteiger partial charge in [0.25, 0.3) is 0 Å². The summed E-state index contributed by atoms with van der Waals surface area (Å²) in [4.78, 5) is 23.6. The van der Waals surface area contributed by atoms with Crippen LogP contribution in [0.1, 0.15) is 36.4 Å². The predicted molar refractivity (Wildman–Crippen MR) is 103 cm³/mol. The van der Waals surface area contributed by atoms with Crippen molar-refractivity contribution in [3.05, 3.63) is 47.7 Å². The lowest BCUT2D eigenvalue weighted by molar-refractivity contribution is 0.189. The maximum absolute atomic E-state index is 15.4. The molecule has 0 spiro atoms. The molecule has 0 saturated carbocycles. The minimum atomic E-state index is -1.12. The number of hydrogen-bond acceptors (Lipinski definition) is 6. The van der Waals surface area contributed by atoms with Crippen molar-refractivity contribution in [2.24, 2.45) is 7.05 Å². The molecule has 1 aliphatic rings. The second kappa shape index (κ2) is 7.82. The summed E-state index contributed by atoms with van der Waals surface area (Å²) in [6.07, 6.45) is 4.76. The molecule has 1 aliphatic carbocycles. The van der Waals surface area contributed by atoms with E-state index in [1.807, 2.05) is 0 Å². The first kappa shape index (κ1) is 18.8. The topological polar surface area (TPSA) is 118 Å². The largest absolute Gasteiger partial charge is 0.465 e. The summed E-state index contributed by atoms with van der Waals surface area (Å²) in [7, 11) is 1.79. The molecule has 10 heteroatoms. The zero-order valence-corrected chi connectivity index (χ0v) is 15.8. The SMILES string of the molecule is Cn1ccc(Nc2ncnc(-c3ccc4c(c3F)CCCC[C@H]4NC(=O)O)n2)n1. The molecule has 0 aliphatic heterocycles. The first-order valence-corrected chi connectivity index (χ1v) is 9.28. The Hall–Kier alpha value is -3.56. The van der Waals surface area contributed by atoms with E-state index in [9.17, 15) is 4.79 Å². The number of carboxylic acid groups (broad SMARTS) is 1. The van der Waals surface area contributed by atoms with E-state index in [1.54, 1.807) is 36.1 Å². The maximum Gasteiger partial charge on any atom is 0.405 e. The molecule has 1 aromatic carbocycles. The smallest absolute Gasteiger partial charge is 0.405 e. The molecule has 4 rings (SSSR count). The number of hydrogen-bond donors (Lipinski definition) is 3. The lowest BCUT2D eigenvalue weighted by Crippen LogP contribution is -2.27. The third-order valence-corrected chi connectivity index (χ3v) is 4.89. The molecular weight excluding hydrogens is 377 g/mol. The van der Waals surface area contributed by atoms with Crippen molar-refractivity contribution in [3.8, 4) is 11.4 Å². The highest BCUT2D eigenvalue weighted by Gasteiger charge is 2.25. The molecule has 2 aromatic heterocycles. The summed E-state index contributed by atoms with van der Waals surface area (Å²) in [5, 5.41) is 18.8. The number of amides is 1. The number of aryl methyl sites for hydroxylation is 1. The molecule has 0 radical (unpaired) electrons. The van der Waals surface area contributed by atoms with Gasteiger partial charge in [0.2, 0.25) is 5.95 Å². The van der Waals surface area contributed by atoms with Crippen LogP contribution in [0.5, 0.6) is 0 Å². The number of benzene rings is 1. The van der Waals surface area contributed by atoms with Gasteiger partial charge in [-0.15, -0.1) is 0 Å². The van der Waals surface area contributed by atoms with Crippen molar-refractivity contribution < 1.29 is 14.3 Å². The van der Waals surface area contributed by atoms with E-state index in [2.05, 4.69) is 30.7 Å². The minimum absolute atomic E-state index is 0.200. The fourth-order valence-corrected chi connectivity index (χ4v) is 3.58. The number of nitrogens with one attached hydrogen (secondary N) is 2.